The molecule has 0 saturated carbocycles. The van der Waals surface area contributed by atoms with Crippen LogP contribution in [0.15, 0.2) is 24.5 Å². The highest BCUT2D eigenvalue weighted by atomic mass is 16.5. The third kappa shape index (κ3) is 1.65. The topological polar surface area (TPSA) is 63.8 Å². The van der Waals surface area contributed by atoms with Crippen molar-refractivity contribution in [3.8, 4) is 0 Å². The molecule has 0 fully saturated rings. The Bertz CT molecular complexity index is 519. The van der Waals surface area contributed by atoms with Crippen molar-refractivity contribution in [1.82, 2.24) is 9.38 Å². The van der Waals surface area contributed by atoms with Gasteiger partial charge in [0.2, 0.25) is 0 Å². The molecule has 0 bridgehead atoms. The summed E-state index contributed by atoms with van der Waals surface area (Å²) in [7, 11) is 1.34. The predicted molar refractivity (Wildman–Crippen MR) is 57.3 cm³/mol. The molecule has 2 aromatic heterocycles. The van der Waals surface area contributed by atoms with Gasteiger partial charge in [0.05, 0.1) is 31.0 Å². The van der Waals surface area contributed by atoms with E-state index in [9.17, 15) is 4.79 Å². The molecule has 0 aliphatic carbocycles. The molecule has 16 heavy (non-hydrogen) atoms. The highest BCUT2D eigenvalue weighted by molar-refractivity contribution is 5.96. The van der Waals surface area contributed by atoms with Gasteiger partial charge in [0.15, 0.2) is 0 Å². The number of rotatable bonds is 3. The standard InChI is InChI=1S/C11H12N2O3/c1-16-11(15)8-3-2-5-13-9(8)7-12-10(13)4-6-14/h2-3,5,7,14H,4,6H2,1H3. The van der Waals surface area contributed by atoms with E-state index in [1.54, 1.807) is 28.9 Å². The number of ether oxygens (including phenoxy) is 1. The Morgan fingerprint density at radius 2 is 2.44 bits per heavy atom. The summed E-state index contributed by atoms with van der Waals surface area (Å²) in [6.07, 6.45) is 3.87. The van der Waals surface area contributed by atoms with Gasteiger partial charge in [-0.3, -0.25) is 0 Å². The van der Waals surface area contributed by atoms with Gasteiger partial charge in [-0.1, -0.05) is 0 Å². The lowest BCUT2D eigenvalue weighted by Gasteiger charge is -2.03. The molecule has 0 radical (unpaired) electrons. The zero-order chi connectivity index (χ0) is 11.5. The number of aromatic nitrogens is 2. The maximum absolute atomic E-state index is 11.5. The SMILES string of the molecule is COC(=O)c1cccn2c(CCO)ncc12. The molecule has 2 aromatic rings. The van der Waals surface area contributed by atoms with E-state index in [4.69, 9.17) is 5.11 Å². The molecule has 5 nitrogen and oxygen atoms in total. The summed E-state index contributed by atoms with van der Waals surface area (Å²) in [4.78, 5) is 15.6. The van der Waals surface area contributed by atoms with Crippen molar-refractivity contribution in [2.45, 2.75) is 6.42 Å². The number of pyridine rings is 1. The van der Waals surface area contributed by atoms with E-state index in [0.717, 1.165) is 5.82 Å². The molecule has 0 unspecified atom stereocenters. The second kappa shape index (κ2) is 4.32. The summed E-state index contributed by atoms with van der Waals surface area (Å²) in [5.41, 5.74) is 1.17. The third-order valence-electron chi connectivity index (χ3n) is 2.39. The fraction of sp³-hybridized carbons (Fsp3) is 0.273. The zero-order valence-electron chi connectivity index (χ0n) is 8.88. The zero-order valence-corrected chi connectivity index (χ0v) is 8.88. The molecular weight excluding hydrogens is 208 g/mol. The number of carbonyl (C=O) groups excluding carboxylic acids is 1. The van der Waals surface area contributed by atoms with Gasteiger partial charge in [0.1, 0.15) is 5.82 Å². The minimum Gasteiger partial charge on any atom is -0.465 e. The largest absolute Gasteiger partial charge is 0.465 e. The third-order valence-corrected chi connectivity index (χ3v) is 2.39. The lowest BCUT2D eigenvalue weighted by atomic mass is 10.2. The van der Waals surface area contributed by atoms with Crippen molar-refractivity contribution in [3.63, 3.8) is 0 Å². The lowest BCUT2D eigenvalue weighted by Crippen LogP contribution is -2.04. The molecular formula is C11H12N2O3. The van der Waals surface area contributed by atoms with Crippen LogP contribution in [0, 0.1) is 0 Å². The highest BCUT2D eigenvalue weighted by Gasteiger charge is 2.12. The summed E-state index contributed by atoms with van der Waals surface area (Å²) in [6.45, 7) is 0.0293. The number of nitrogens with zero attached hydrogens (tertiary/aromatic N) is 2. The molecule has 0 aliphatic rings. The van der Waals surface area contributed by atoms with Crippen molar-refractivity contribution < 1.29 is 14.6 Å². The minimum atomic E-state index is -0.388. The Morgan fingerprint density at radius 1 is 1.62 bits per heavy atom. The maximum atomic E-state index is 11.5. The summed E-state index contributed by atoms with van der Waals surface area (Å²) >= 11 is 0. The van der Waals surface area contributed by atoms with E-state index < -0.39 is 0 Å². The van der Waals surface area contributed by atoms with Gasteiger partial charge in [-0.2, -0.15) is 0 Å². The van der Waals surface area contributed by atoms with Crippen molar-refractivity contribution in [3.05, 3.63) is 35.9 Å². The number of hydrogen-bond acceptors (Lipinski definition) is 4. The summed E-state index contributed by atoms with van der Waals surface area (Å²) in [6, 6.07) is 3.44. The number of methoxy groups -OCH3 is 1. The molecule has 0 saturated heterocycles. The first-order valence-electron chi connectivity index (χ1n) is 4.92. The summed E-state index contributed by atoms with van der Waals surface area (Å²) in [5, 5.41) is 8.88. The quantitative estimate of drug-likeness (QED) is 0.771. The molecule has 0 aliphatic heterocycles. The first-order valence-corrected chi connectivity index (χ1v) is 4.92. The van der Waals surface area contributed by atoms with E-state index in [1.165, 1.54) is 7.11 Å². The van der Waals surface area contributed by atoms with Crippen LogP contribution in [0.5, 0.6) is 0 Å². The molecule has 84 valence electrons. The summed E-state index contributed by atoms with van der Waals surface area (Å²) in [5.74, 6) is 0.337. The number of carbonyl (C=O) groups is 1. The average molecular weight is 220 g/mol. The van der Waals surface area contributed by atoms with Crippen LogP contribution in [0.1, 0.15) is 16.2 Å². The van der Waals surface area contributed by atoms with Gasteiger partial charge in [0, 0.05) is 12.6 Å². The molecule has 0 spiro atoms. The van der Waals surface area contributed by atoms with Crippen LogP contribution in [0.4, 0.5) is 0 Å². The van der Waals surface area contributed by atoms with Crippen molar-refractivity contribution in [2.24, 2.45) is 0 Å². The average Bonchev–Trinajstić information content (AvgIpc) is 2.72. The van der Waals surface area contributed by atoms with Crippen molar-refractivity contribution >= 4 is 11.5 Å². The number of fused-ring (bicyclic) bond motifs is 1. The number of hydrogen-bond donors (Lipinski definition) is 1. The van der Waals surface area contributed by atoms with Gasteiger partial charge >= 0.3 is 5.97 Å². The second-order valence-corrected chi connectivity index (χ2v) is 3.32. The van der Waals surface area contributed by atoms with Crippen LogP contribution in [0.3, 0.4) is 0 Å². The number of aliphatic hydroxyl groups excluding tert-OH is 1. The van der Waals surface area contributed by atoms with E-state index in [-0.39, 0.29) is 12.6 Å². The fourth-order valence-electron chi connectivity index (χ4n) is 1.64. The van der Waals surface area contributed by atoms with Crippen LogP contribution >= 0.6 is 0 Å². The Kier molecular flexibility index (Phi) is 2.87. The van der Waals surface area contributed by atoms with Crippen LogP contribution in [0.2, 0.25) is 0 Å². The molecule has 2 heterocycles. The van der Waals surface area contributed by atoms with Crippen LogP contribution in [-0.4, -0.2) is 34.2 Å². The number of imidazole rings is 1. The minimum absolute atomic E-state index is 0.0293. The Balaban J connectivity index is 2.57. The molecule has 0 amide bonds. The van der Waals surface area contributed by atoms with E-state index in [0.29, 0.717) is 17.5 Å². The molecule has 0 aromatic carbocycles. The highest BCUT2D eigenvalue weighted by Crippen LogP contribution is 2.14. The maximum Gasteiger partial charge on any atom is 0.340 e. The first kappa shape index (κ1) is 10.6. The van der Waals surface area contributed by atoms with E-state index in [2.05, 4.69) is 9.72 Å². The Morgan fingerprint density at radius 3 is 3.12 bits per heavy atom. The summed E-state index contributed by atoms with van der Waals surface area (Å²) < 4.78 is 6.46. The first-order chi connectivity index (χ1) is 7.77. The van der Waals surface area contributed by atoms with Crippen molar-refractivity contribution in [1.29, 1.82) is 0 Å². The molecule has 1 N–H and O–H groups in total. The molecule has 0 atom stereocenters. The molecule has 5 heteroatoms. The van der Waals surface area contributed by atoms with Crippen molar-refractivity contribution in [2.75, 3.05) is 13.7 Å². The van der Waals surface area contributed by atoms with Gasteiger partial charge in [0.25, 0.3) is 0 Å². The van der Waals surface area contributed by atoms with Gasteiger partial charge < -0.3 is 14.2 Å². The molecule has 2 rings (SSSR count). The Labute approximate surface area is 92.3 Å². The van der Waals surface area contributed by atoms with Crippen LogP contribution in [-0.2, 0) is 11.2 Å². The monoisotopic (exact) mass is 220 g/mol. The van der Waals surface area contributed by atoms with E-state index in [1.807, 2.05) is 0 Å². The Hall–Kier alpha value is -1.88. The van der Waals surface area contributed by atoms with E-state index >= 15 is 0 Å². The number of esters is 1. The van der Waals surface area contributed by atoms with Crippen LogP contribution < -0.4 is 0 Å². The normalized spacial score (nSPS) is 10.6. The van der Waals surface area contributed by atoms with Gasteiger partial charge in [-0.15, -0.1) is 0 Å². The van der Waals surface area contributed by atoms with Crippen LogP contribution in [0.25, 0.3) is 5.52 Å². The second-order valence-electron chi connectivity index (χ2n) is 3.32. The van der Waals surface area contributed by atoms with Gasteiger partial charge in [-0.05, 0) is 12.1 Å². The lowest BCUT2D eigenvalue weighted by molar-refractivity contribution is 0.0602. The predicted octanol–water partition coefficient (Wildman–Crippen LogP) is 0.656. The van der Waals surface area contributed by atoms with Gasteiger partial charge in [-0.25, -0.2) is 9.78 Å². The fourth-order valence-corrected chi connectivity index (χ4v) is 1.64. The number of aliphatic hydroxyl groups is 1. The smallest absolute Gasteiger partial charge is 0.340 e.